The van der Waals surface area contributed by atoms with Crippen LogP contribution < -0.4 is 10.6 Å². The Balaban J connectivity index is 1.29. The van der Waals surface area contributed by atoms with Crippen molar-refractivity contribution in [2.75, 3.05) is 39.8 Å². The molecule has 1 aromatic heterocycles. The molecule has 6 heteroatoms. The molecule has 3 rings (SSSR count). The third-order valence-electron chi connectivity index (χ3n) is 5.44. The highest BCUT2D eigenvalue weighted by molar-refractivity contribution is 5.79. The largest absolute Gasteiger partial charge is 0.356 e. The van der Waals surface area contributed by atoms with Crippen molar-refractivity contribution in [3.05, 3.63) is 30.6 Å². The van der Waals surface area contributed by atoms with Crippen LogP contribution >= 0.6 is 0 Å². The van der Waals surface area contributed by atoms with E-state index in [4.69, 9.17) is 0 Å². The topological polar surface area (TPSA) is 57.5 Å². The minimum atomic E-state index is 0.899. The maximum atomic E-state index is 4.44. The zero-order valence-corrected chi connectivity index (χ0v) is 16.8. The molecule has 1 aromatic carbocycles. The molecule has 27 heavy (non-hydrogen) atoms. The van der Waals surface area contributed by atoms with Gasteiger partial charge in [0.1, 0.15) is 0 Å². The fourth-order valence-electron chi connectivity index (χ4n) is 3.66. The van der Waals surface area contributed by atoms with Crippen molar-refractivity contribution in [2.45, 2.75) is 39.2 Å². The zero-order chi connectivity index (χ0) is 18.9. The van der Waals surface area contributed by atoms with Gasteiger partial charge in [-0.2, -0.15) is 0 Å². The molecule has 1 fully saturated rings. The summed E-state index contributed by atoms with van der Waals surface area (Å²) in [6.07, 6.45) is 6.83. The standard InChI is InChI=1S/C21H34N6/c1-18-9-15-26(16-10-18)13-5-11-23-21(22-2)24-12-6-14-27-17-25-19-7-3-4-8-20(19)27/h3-4,7-8,17-18H,5-6,9-16H2,1-2H3,(H2,22,23,24). The Labute approximate surface area is 163 Å². The van der Waals surface area contributed by atoms with E-state index in [1.54, 1.807) is 0 Å². The van der Waals surface area contributed by atoms with Gasteiger partial charge in [0.25, 0.3) is 0 Å². The molecule has 1 saturated heterocycles. The van der Waals surface area contributed by atoms with E-state index in [1.165, 1.54) is 38.0 Å². The van der Waals surface area contributed by atoms with Crippen molar-refractivity contribution in [2.24, 2.45) is 10.9 Å². The number of para-hydroxylation sites is 2. The lowest BCUT2D eigenvalue weighted by Crippen LogP contribution is -2.40. The Morgan fingerprint density at radius 1 is 1.11 bits per heavy atom. The summed E-state index contributed by atoms with van der Waals surface area (Å²) in [5.74, 6) is 1.81. The van der Waals surface area contributed by atoms with Crippen LogP contribution in [0.1, 0.15) is 32.6 Å². The number of hydrogen-bond donors (Lipinski definition) is 2. The summed E-state index contributed by atoms with van der Waals surface area (Å²) in [7, 11) is 1.84. The summed E-state index contributed by atoms with van der Waals surface area (Å²) in [4.78, 5) is 11.4. The first-order chi connectivity index (χ1) is 13.3. The Kier molecular flexibility index (Phi) is 7.51. The number of aliphatic imine (C=N–C) groups is 1. The first-order valence-electron chi connectivity index (χ1n) is 10.3. The zero-order valence-electron chi connectivity index (χ0n) is 16.8. The molecule has 0 radical (unpaired) electrons. The molecule has 0 atom stereocenters. The first-order valence-corrected chi connectivity index (χ1v) is 10.3. The van der Waals surface area contributed by atoms with Gasteiger partial charge in [0.15, 0.2) is 5.96 Å². The van der Waals surface area contributed by atoms with E-state index < -0.39 is 0 Å². The predicted molar refractivity (Wildman–Crippen MR) is 113 cm³/mol. The van der Waals surface area contributed by atoms with Crippen LogP contribution in [0.2, 0.25) is 0 Å². The van der Waals surface area contributed by atoms with E-state index in [9.17, 15) is 0 Å². The maximum absolute atomic E-state index is 4.44. The third-order valence-corrected chi connectivity index (χ3v) is 5.44. The Bertz CT molecular complexity index is 714. The van der Waals surface area contributed by atoms with Gasteiger partial charge in [-0.1, -0.05) is 19.1 Å². The first kappa shape index (κ1) is 19.7. The second kappa shape index (κ2) is 10.3. The molecule has 1 aliphatic heterocycles. The number of likely N-dealkylation sites (tertiary alicyclic amines) is 1. The fraction of sp³-hybridized carbons (Fsp3) is 0.619. The lowest BCUT2D eigenvalue weighted by molar-refractivity contribution is 0.191. The lowest BCUT2D eigenvalue weighted by Gasteiger charge is -2.30. The minimum absolute atomic E-state index is 0.899. The van der Waals surface area contributed by atoms with Gasteiger partial charge in [0, 0.05) is 26.7 Å². The Morgan fingerprint density at radius 3 is 2.56 bits per heavy atom. The number of aromatic nitrogens is 2. The SMILES string of the molecule is CN=C(NCCCN1CCC(C)CC1)NCCCn1cnc2ccccc21. The number of hydrogen-bond acceptors (Lipinski definition) is 3. The van der Waals surface area contributed by atoms with E-state index >= 15 is 0 Å². The number of piperidine rings is 1. The van der Waals surface area contributed by atoms with E-state index in [1.807, 2.05) is 19.4 Å². The molecule has 0 bridgehead atoms. The number of nitrogens with one attached hydrogen (secondary N) is 2. The van der Waals surface area contributed by atoms with E-state index in [0.29, 0.717) is 0 Å². The fourth-order valence-corrected chi connectivity index (χ4v) is 3.66. The van der Waals surface area contributed by atoms with Crippen LogP contribution in [0.25, 0.3) is 11.0 Å². The van der Waals surface area contributed by atoms with Crippen LogP contribution in [-0.2, 0) is 6.54 Å². The van der Waals surface area contributed by atoms with Gasteiger partial charge >= 0.3 is 0 Å². The van der Waals surface area contributed by atoms with Gasteiger partial charge in [-0.05, 0) is 63.4 Å². The summed E-state index contributed by atoms with van der Waals surface area (Å²) >= 11 is 0. The van der Waals surface area contributed by atoms with Gasteiger partial charge in [-0.3, -0.25) is 4.99 Å². The molecule has 2 aromatic rings. The number of nitrogens with zero attached hydrogens (tertiary/aromatic N) is 4. The Hall–Kier alpha value is -2.08. The number of aryl methyl sites for hydroxylation is 1. The van der Waals surface area contributed by atoms with Gasteiger partial charge < -0.3 is 20.1 Å². The van der Waals surface area contributed by atoms with Crippen molar-refractivity contribution in [1.82, 2.24) is 25.1 Å². The van der Waals surface area contributed by atoms with Gasteiger partial charge in [0.2, 0.25) is 0 Å². The second-order valence-corrected chi connectivity index (χ2v) is 7.58. The van der Waals surface area contributed by atoms with E-state index in [2.05, 4.69) is 55.2 Å². The quantitative estimate of drug-likeness (QED) is 0.426. The number of fused-ring (bicyclic) bond motifs is 1. The monoisotopic (exact) mass is 370 g/mol. The molecule has 0 saturated carbocycles. The molecule has 6 nitrogen and oxygen atoms in total. The molecule has 148 valence electrons. The average molecular weight is 371 g/mol. The van der Waals surface area contributed by atoms with Crippen LogP contribution in [-0.4, -0.2) is 60.2 Å². The van der Waals surface area contributed by atoms with Crippen molar-refractivity contribution in [3.63, 3.8) is 0 Å². The Morgan fingerprint density at radius 2 is 1.81 bits per heavy atom. The van der Waals surface area contributed by atoms with Crippen LogP contribution in [0.15, 0.2) is 35.6 Å². The highest BCUT2D eigenvalue weighted by Gasteiger charge is 2.14. The van der Waals surface area contributed by atoms with Crippen LogP contribution in [0.3, 0.4) is 0 Å². The van der Waals surface area contributed by atoms with Crippen molar-refractivity contribution in [1.29, 1.82) is 0 Å². The number of imidazole rings is 1. The molecular weight excluding hydrogens is 336 g/mol. The van der Waals surface area contributed by atoms with Crippen molar-refractivity contribution in [3.8, 4) is 0 Å². The third kappa shape index (κ3) is 5.96. The molecule has 2 N–H and O–H groups in total. The average Bonchev–Trinajstić information content (AvgIpc) is 3.11. The van der Waals surface area contributed by atoms with Gasteiger partial charge in [0.05, 0.1) is 17.4 Å². The highest BCUT2D eigenvalue weighted by atomic mass is 15.2. The molecule has 0 amide bonds. The van der Waals surface area contributed by atoms with Crippen molar-refractivity contribution >= 4 is 17.0 Å². The van der Waals surface area contributed by atoms with Crippen LogP contribution in [0.4, 0.5) is 0 Å². The summed E-state index contributed by atoms with van der Waals surface area (Å²) in [6.45, 7) is 8.90. The smallest absolute Gasteiger partial charge is 0.190 e. The summed E-state index contributed by atoms with van der Waals surface area (Å²) < 4.78 is 2.21. The number of rotatable bonds is 8. The number of benzene rings is 1. The molecule has 1 aliphatic rings. The summed E-state index contributed by atoms with van der Waals surface area (Å²) in [6, 6.07) is 8.28. The predicted octanol–water partition coefficient (Wildman–Crippen LogP) is 2.71. The molecule has 0 unspecified atom stereocenters. The second-order valence-electron chi connectivity index (χ2n) is 7.58. The minimum Gasteiger partial charge on any atom is -0.356 e. The maximum Gasteiger partial charge on any atom is 0.190 e. The molecule has 0 spiro atoms. The normalized spacial score (nSPS) is 16.7. The van der Waals surface area contributed by atoms with Crippen molar-refractivity contribution < 1.29 is 0 Å². The van der Waals surface area contributed by atoms with E-state index in [0.717, 1.165) is 49.9 Å². The van der Waals surface area contributed by atoms with E-state index in [-0.39, 0.29) is 0 Å². The lowest BCUT2D eigenvalue weighted by atomic mass is 9.99. The van der Waals surface area contributed by atoms with Gasteiger partial charge in [-0.25, -0.2) is 4.98 Å². The molecule has 2 heterocycles. The molecular formula is C21H34N6. The highest BCUT2D eigenvalue weighted by Crippen LogP contribution is 2.15. The van der Waals surface area contributed by atoms with Crippen LogP contribution in [0.5, 0.6) is 0 Å². The molecule has 0 aliphatic carbocycles. The van der Waals surface area contributed by atoms with Gasteiger partial charge in [-0.15, -0.1) is 0 Å². The number of guanidine groups is 1. The summed E-state index contributed by atoms with van der Waals surface area (Å²) in [5.41, 5.74) is 2.26. The summed E-state index contributed by atoms with van der Waals surface area (Å²) in [5, 5.41) is 6.85. The van der Waals surface area contributed by atoms with Crippen LogP contribution in [0, 0.1) is 5.92 Å².